The van der Waals surface area contributed by atoms with Crippen LogP contribution in [0.15, 0.2) is 24.5 Å². The van der Waals surface area contributed by atoms with Crippen LogP contribution in [0.25, 0.3) is 5.52 Å². The van der Waals surface area contributed by atoms with E-state index >= 15 is 0 Å². The van der Waals surface area contributed by atoms with E-state index in [0.717, 1.165) is 24.4 Å². The molecule has 2 N–H and O–H groups in total. The Kier molecular flexibility index (Phi) is 2.79. The van der Waals surface area contributed by atoms with Crippen LogP contribution in [0, 0.1) is 24.7 Å². The van der Waals surface area contributed by atoms with Crippen molar-refractivity contribution in [3.8, 4) is 0 Å². The SMILES string of the molecule is Cc1cccn2c([C@@H](C)NC(=O)[C@H]3[C@@H]4CNC[C@@H]43)ncc12. The van der Waals surface area contributed by atoms with Gasteiger partial charge in [-0.05, 0) is 50.4 Å². The topological polar surface area (TPSA) is 58.4 Å². The van der Waals surface area contributed by atoms with Crippen molar-refractivity contribution in [1.82, 2.24) is 20.0 Å². The van der Waals surface area contributed by atoms with Crippen molar-refractivity contribution in [2.24, 2.45) is 17.8 Å². The highest BCUT2D eigenvalue weighted by molar-refractivity contribution is 5.83. The molecule has 1 saturated carbocycles. The molecule has 0 bridgehead atoms. The van der Waals surface area contributed by atoms with Gasteiger partial charge in [0.25, 0.3) is 0 Å². The first-order valence-corrected chi connectivity index (χ1v) is 7.60. The van der Waals surface area contributed by atoms with E-state index in [9.17, 15) is 4.79 Å². The molecule has 110 valence electrons. The average molecular weight is 284 g/mol. The molecular weight excluding hydrogens is 264 g/mol. The number of hydrogen-bond acceptors (Lipinski definition) is 3. The van der Waals surface area contributed by atoms with E-state index in [2.05, 4.69) is 33.0 Å². The molecular formula is C16H20N4O. The van der Waals surface area contributed by atoms with Crippen molar-refractivity contribution in [2.45, 2.75) is 19.9 Å². The highest BCUT2D eigenvalue weighted by Crippen LogP contribution is 2.48. The number of fused-ring (bicyclic) bond motifs is 2. The van der Waals surface area contributed by atoms with Gasteiger partial charge < -0.3 is 15.0 Å². The number of imidazole rings is 1. The second-order valence-corrected chi connectivity index (χ2v) is 6.30. The molecule has 2 aromatic rings. The number of carbonyl (C=O) groups excluding carboxylic acids is 1. The predicted octanol–water partition coefficient (Wildman–Crippen LogP) is 1.29. The van der Waals surface area contributed by atoms with Crippen LogP contribution in [0.5, 0.6) is 0 Å². The zero-order chi connectivity index (χ0) is 14.6. The molecule has 3 heterocycles. The Hall–Kier alpha value is -1.88. The summed E-state index contributed by atoms with van der Waals surface area (Å²) in [5, 5.41) is 6.46. The second kappa shape index (κ2) is 4.56. The Morgan fingerprint density at radius 2 is 2.24 bits per heavy atom. The first-order chi connectivity index (χ1) is 10.2. The van der Waals surface area contributed by atoms with Crippen molar-refractivity contribution in [3.05, 3.63) is 35.9 Å². The minimum Gasteiger partial charge on any atom is -0.346 e. The van der Waals surface area contributed by atoms with Gasteiger partial charge in [0.1, 0.15) is 5.82 Å². The standard InChI is InChI=1S/C16H20N4O/c1-9-4-3-5-20-13(9)8-18-15(20)10(2)19-16(21)14-11-6-17-7-12(11)14/h3-5,8,10-12,14,17H,6-7H2,1-2H3,(H,19,21)/t10-,11-,12+,14+/m1/s1. The Morgan fingerprint density at radius 1 is 1.48 bits per heavy atom. The molecule has 2 aromatic heterocycles. The van der Waals surface area contributed by atoms with E-state index < -0.39 is 0 Å². The molecule has 5 nitrogen and oxygen atoms in total. The van der Waals surface area contributed by atoms with Crippen molar-refractivity contribution in [3.63, 3.8) is 0 Å². The molecule has 0 spiro atoms. The monoisotopic (exact) mass is 284 g/mol. The molecule has 5 heteroatoms. The Bertz CT molecular complexity index is 697. The van der Waals surface area contributed by atoms with Gasteiger partial charge in [-0.3, -0.25) is 4.79 Å². The molecule has 0 unspecified atom stereocenters. The fourth-order valence-corrected chi connectivity index (χ4v) is 3.68. The molecule has 0 aromatic carbocycles. The number of rotatable bonds is 3. The lowest BCUT2D eigenvalue weighted by molar-refractivity contribution is -0.123. The number of aromatic nitrogens is 2. The number of amides is 1. The zero-order valence-electron chi connectivity index (χ0n) is 12.3. The van der Waals surface area contributed by atoms with Crippen LogP contribution in [0.1, 0.15) is 24.4 Å². The maximum absolute atomic E-state index is 12.4. The molecule has 1 aliphatic heterocycles. The fourth-order valence-electron chi connectivity index (χ4n) is 3.68. The first kappa shape index (κ1) is 12.8. The maximum Gasteiger partial charge on any atom is 0.224 e. The minimum absolute atomic E-state index is 0.0731. The summed E-state index contributed by atoms with van der Waals surface area (Å²) in [7, 11) is 0. The van der Waals surface area contributed by atoms with Crippen LogP contribution >= 0.6 is 0 Å². The van der Waals surface area contributed by atoms with Gasteiger partial charge in [-0.15, -0.1) is 0 Å². The van der Waals surface area contributed by atoms with E-state index in [0.29, 0.717) is 11.8 Å². The molecule has 2 fully saturated rings. The Labute approximate surface area is 123 Å². The highest BCUT2D eigenvalue weighted by Gasteiger charge is 2.56. The third-order valence-corrected chi connectivity index (χ3v) is 4.95. The van der Waals surface area contributed by atoms with Crippen molar-refractivity contribution < 1.29 is 4.79 Å². The lowest BCUT2D eigenvalue weighted by atomic mass is 10.2. The van der Waals surface area contributed by atoms with Crippen LogP contribution in [0.3, 0.4) is 0 Å². The van der Waals surface area contributed by atoms with Gasteiger partial charge in [-0.2, -0.15) is 0 Å². The first-order valence-electron chi connectivity index (χ1n) is 7.60. The van der Waals surface area contributed by atoms with Gasteiger partial charge in [0.05, 0.1) is 17.8 Å². The highest BCUT2D eigenvalue weighted by atomic mass is 16.2. The van der Waals surface area contributed by atoms with Crippen LogP contribution in [-0.4, -0.2) is 28.4 Å². The zero-order valence-corrected chi connectivity index (χ0v) is 12.3. The Balaban J connectivity index is 1.52. The summed E-state index contributed by atoms with van der Waals surface area (Å²) >= 11 is 0. The molecule has 21 heavy (non-hydrogen) atoms. The maximum atomic E-state index is 12.4. The van der Waals surface area contributed by atoms with Gasteiger partial charge in [0, 0.05) is 12.1 Å². The smallest absolute Gasteiger partial charge is 0.224 e. The summed E-state index contributed by atoms with van der Waals surface area (Å²) in [5.41, 5.74) is 2.29. The quantitative estimate of drug-likeness (QED) is 0.893. The molecule has 2 aliphatic rings. The summed E-state index contributed by atoms with van der Waals surface area (Å²) in [6, 6.07) is 4.01. The molecule has 1 amide bonds. The van der Waals surface area contributed by atoms with Gasteiger partial charge in [-0.1, -0.05) is 6.07 Å². The lowest BCUT2D eigenvalue weighted by Crippen LogP contribution is -2.32. The normalized spacial score (nSPS) is 28.4. The molecule has 1 saturated heterocycles. The third kappa shape index (κ3) is 1.95. The lowest BCUT2D eigenvalue weighted by Gasteiger charge is -2.14. The van der Waals surface area contributed by atoms with E-state index in [1.54, 1.807) is 0 Å². The van der Waals surface area contributed by atoms with E-state index in [1.807, 2.05) is 25.4 Å². The summed E-state index contributed by atoms with van der Waals surface area (Å²) in [4.78, 5) is 16.8. The molecule has 0 radical (unpaired) electrons. The number of carbonyl (C=O) groups is 1. The van der Waals surface area contributed by atoms with Crippen molar-refractivity contribution >= 4 is 11.4 Å². The molecule has 4 rings (SSSR count). The van der Waals surface area contributed by atoms with E-state index in [-0.39, 0.29) is 17.9 Å². The minimum atomic E-state index is -0.0731. The average Bonchev–Trinajstić information content (AvgIpc) is 2.84. The Morgan fingerprint density at radius 3 is 3.00 bits per heavy atom. The van der Waals surface area contributed by atoms with Gasteiger partial charge >= 0.3 is 0 Å². The third-order valence-electron chi connectivity index (χ3n) is 4.95. The largest absolute Gasteiger partial charge is 0.346 e. The molecule has 1 aliphatic carbocycles. The van der Waals surface area contributed by atoms with E-state index in [1.165, 1.54) is 5.56 Å². The van der Waals surface area contributed by atoms with E-state index in [4.69, 9.17) is 0 Å². The van der Waals surface area contributed by atoms with Gasteiger partial charge in [0.15, 0.2) is 0 Å². The number of nitrogens with one attached hydrogen (secondary N) is 2. The second-order valence-electron chi connectivity index (χ2n) is 6.30. The summed E-state index contributed by atoms with van der Waals surface area (Å²) in [5.74, 6) is 2.39. The number of nitrogens with zero attached hydrogens (tertiary/aromatic N) is 2. The number of hydrogen-bond donors (Lipinski definition) is 2. The fraction of sp³-hybridized carbons (Fsp3) is 0.500. The van der Waals surface area contributed by atoms with Gasteiger partial charge in [-0.25, -0.2) is 4.98 Å². The number of aryl methyl sites for hydroxylation is 1. The predicted molar refractivity (Wildman–Crippen MR) is 79.8 cm³/mol. The van der Waals surface area contributed by atoms with Crippen LogP contribution in [-0.2, 0) is 4.79 Å². The van der Waals surface area contributed by atoms with Crippen molar-refractivity contribution in [2.75, 3.05) is 13.1 Å². The number of piperidine rings is 1. The summed E-state index contributed by atoms with van der Waals surface area (Å²) in [6.07, 6.45) is 3.88. The summed E-state index contributed by atoms with van der Waals surface area (Å²) in [6.45, 7) is 6.05. The summed E-state index contributed by atoms with van der Waals surface area (Å²) < 4.78 is 2.07. The number of pyridine rings is 1. The molecule has 4 atom stereocenters. The van der Waals surface area contributed by atoms with Crippen LogP contribution in [0.4, 0.5) is 0 Å². The van der Waals surface area contributed by atoms with Crippen LogP contribution in [0.2, 0.25) is 0 Å². The van der Waals surface area contributed by atoms with Crippen molar-refractivity contribution in [1.29, 1.82) is 0 Å². The van der Waals surface area contributed by atoms with Gasteiger partial charge in [0.2, 0.25) is 5.91 Å². The van der Waals surface area contributed by atoms with Crippen LogP contribution < -0.4 is 10.6 Å².